The number of fused-ring (bicyclic) bond motifs is 2. The van der Waals surface area contributed by atoms with Gasteiger partial charge in [0.15, 0.2) is 0 Å². The van der Waals surface area contributed by atoms with Crippen LogP contribution in [0.4, 0.5) is 0 Å². The molecule has 2 aromatic rings. The van der Waals surface area contributed by atoms with E-state index in [0.29, 0.717) is 18.7 Å². The molecule has 0 spiro atoms. The van der Waals surface area contributed by atoms with E-state index < -0.39 is 0 Å². The molecule has 0 aromatic heterocycles. The first-order chi connectivity index (χ1) is 11.7. The molecule has 137 valence electrons. The molecule has 0 fully saturated rings. The first-order valence-corrected chi connectivity index (χ1v) is 8.05. The van der Waals surface area contributed by atoms with Gasteiger partial charge in [0.1, 0.15) is 6.73 Å². The van der Waals surface area contributed by atoms with Gasteiger partial charge < -0.3 is 22.7 Å². The van der Waals surface area contributed by atoms with Gasteiger partial charge in [-0.15, -0.1) is 0 Å². The summed E-state index contributed by atoms with van der Waals surface area (Å²) in [5, 5.41) is 11.6. The van der Waals surface area contributed by atoms with E-state index in [4.69, 9.17) is 5.11 Å². The van der Waals surface area contributed by atoms with E-state index in [2.05, 4.69) is 5.32 Å². The van der Waals surface area contributed by atoms with Gasteiger partial charge in [-0.1, -0.05) is 50.2 Å². The third-order valence-electron chi connectivity index (χ3n) is 3.77. The zero-order valence-corrected chi connectivity index (χ0v) is 18.4. The molecule has 4 rings (SSSR count). The topological polar surface area (TPSA) is 69.6 Å². The van der Waals surface area contributed by atoms with Crippen LogP contribution in [0.2, 0.25) is 0 Å². The fraction of sp³-hybridized carbons (Fsp3) is 0.250. The van der Waals surface area contributed by atoms with Crippen molar-refractivity contribution in [2.75, 3.05) is 6.73 Å². The Morgan fingerprint density at radius 2 is 1.50 bits per heavy atom. The zero-order valence-electron chi connectivity index (χ0n) is 15.5. The average Bonchev–Trinajstić information content (AvgIpc) is 3.18. The summed E-state index contributed by atoms with van der Waals surface area (Å²) in [5.41, 5.74) is 3.64. The molecule has 2 aliphatic rings. The Labute approximate surface area is 180 Å². The molecular formula is C20H25N2O3Y-. The van der Waals surface area contributed by atoms with Crippen LogP contribution in [-0.4, -0.2) is 28.6 Å². The minimum absolute atomic E-state index is 0. The average molecular weight is 430 g/mol. The van der Waals surface area contributed by atoms with Gasteiger partial charge in [0, 0.05) is 56.9 Å². The van der Waals surface area contributed by atoms with E-state index in [1.54, 1.807) is 6.07 Å². The molecule has 0 saturated heterocycles. The maximum absolute atomic E-state index is 11.4. The van der Waals surface area contributed by atoms with Crippen molar-refractivity contribution >= 4 is 11.8 Å². The fourth-order valence-electron chi connectivity index (χ4n) is 2.60. The molecule has 0 bridgehead atoms. The molecule has 6 heteroatoms. The number of rotatable bonds is 1. The first-order valence-electron chi connectivity index (χ1n) is 8.05. The molecule has 2 aromatic carbocycles. The number of hydrogen-bond donors (Lipinski definition) is 2. The number of amides is 2. The largest absolute Gasteiger partial charge is 0.376 e. The third kappa shape index (κ3) is 5.47. The van der Waals surface area contributed by atoms with Crippen molar-refractivity contribution in [3.8, 4) is 0 Å². The zero-order chi connectivity index (χ0) is 17.5. The number of nitrogens with one attached hydrogen (secondary N) is 1. The predicted octanol–water partition coefficient (Wildman–Crippen LogP) is 3.00. The van der Waals surface area contributed by atoms with Crippen LogP contribution in [0.5, 0.6) is 0 Å². The number of carbonyl (C=O) groups excluding carboxylic acids is 2. The number of nitrogens with zero attached hydrogens (tertiary/aromatic N) is 1. The Bertz CT molecular complexity index is 735. The Balaban J connectivity index is 0.000000414. The van der Waals surface area contributed by atoms with Crippen LogP contribution in [0.3, 0.4) is 0 Å². The summed E-state index contributed by atoms with van der Waals surface area (Å²) >= 11 is 0. The molecule has 2 amide bonds. The van der Waals surface area contributed by atoms with Crippen molar-refractivity contribution in [3.05, 3.63) is 78.2 Å². The van der Waals surface area contributed by atoms with Gasteiger partial charge in [-0.2, -0.15) is 0 Å². The molecule has 1 radical (unpaired) electrons. The summed E-state index contributed by atoms with van der Waals surface area (Å²) in [6.07, 6.45) is 0. The van der Waals surface area contributed by atoms with Crippen molar-refractivity contribution in [1.82, 2.24) is 10.2 Å². The minimum atomic E-state index is -0.201. The quantitative estimate of drug-likeness (QED) is 0.684. The smallest absolute Gasteiger partial charge is 0.256 e. The van der Waals surface area contributed by atoms with Crippen molar-refractivity contribution in [2.24, 2.45) is 0 Å². The Hall–Kier alpha value is -1.56. The fourth-order valence-corrected chi connectivity index (χ4v) is 2.60. The van der Waals surface area contributed by atoms with E-state index in [0.717, 1.165) is 16.7 Å². The van der Waals surface area contributed by atoms with Gasteiger partial charge in [-0.05, 0) is 23.3 Å². The first kappa shape index (κ1) is 24.4. The Morgan fingerprint density at radius 1 is 0.962 bits per heavy atom. The van der Waals surface area contributed by atoms with Crippen molar-refractivity contribution in [1.29, 1.82) is 0 Å². The predicted molar refractivity (Wildman–Crippen MR) is 98.8 cm³/mol. The van der Waals surface area contributed by atoms with Gasteiger partial charge in [0.2, 0.25) is 0 Å². The molecule has 26 heavy (non-hydrogen) atoms. The molecule has 0 aliphatic carbocycles. The SMILES string of the molecule is CC.O=C1NCc2ccccc21.O=C1c2ccccc2CN1CO.[CH3-].[Y]. The monoisotopic (exact) mass is 430 g/mol. The normalized spacial score (nSPS) is 12.8. The van der Waals surface area contributed by atoms with Crippen LogP contribution in [0.1, 0.15) is 45.7 Å². The summed E-state index contributed by atoms with van der Waals surface area (Å²) < 4.78 is 0. The second-order valence-electron chi connectivity index (χ2n) is 5.14. The molecule has 0 saturated carbocycles. The number of hydrogen-bond acceptors (Lipinski definition) is 3. The maximum Gasteiger partial charge on any atom is 0.256 e. The van der Waals surface area contributed by atoms with Crippen molar-refractivity contribution in [2.45, 2.75) is 26.9 Å². The number of aliphatic hydroxyl groups excluding tert-OH is 1. The van der Waals surface area contributed by atoms with Crippen LogP contribution in [0, 0.1) is 7.43 Å². The van der Waals surface area contributed by atoms with E-state index in [9.17, 15) is 9.59 Å². The molecule has 0 atom stereocenters. The molecule has 5 nitrogen and oxygen atoms in total. The van der Waals surface area contributed by atoms with E-state index in [1.807, 2.05) is 56.3 Å². The van der Waals surface area contributed by atoms with E-state index >= 15 is 0 Å². The van der Waals surface area contributed by atoms with Crippen LogP contribution >= 0.6 is 0 Å². The summed E-state index contributed by atoms with van der Waals surface area (Å²) in [5.74, 6) is -0.0244. The van der Waals surface area contributed by atoms with Crippen LogP contribution in [0.25, 0.3) is 0 Å². The Kier molecular flexibility index (Phi) is 11.2. The van der Waals surface area contributed by atoms with Gasteiger partial charge in [-0.25, -0.2) is 0 Å². The van der Waals surface area contributed by atoms with Gasteiger partial charge in [-0.3, -0.25) is 9.59 Å². The maximum atomic E-state index is 11.4. The van der Waals surface area contributed by atoms with Gasteiger partial charge >= 0.3 is 0 Å². The van der Waals surface area contributed by atoms with Gasteiger partial charge in [0.05, 0.1) is 0 Å². The van der Waals surface area contributed by atoms with Crippen LogP contribution < -0.4 is 5.32 Å². The van der Waals surface area contributed by atoms with E-state index in [1.165, 1.54) is 4.90 Å². The number of benzene rings is 2. The second kappa shape index (κ2) is 11.9. The summed E-state index contributed by atoms with van der Waals surface area (Å²) in [6.45, 7) is 5.02. The van der Waals surface area contributed by atoms with Crippen molar-refractivity contribution in [3.63, 3.8) is 0 Å². The van der Waals surface area contributed by atoms with Gasteiger partial charge in [0.25, 0.3) is 11.8 Å². The summed E-state index contributed by atoms with van der Waals surface area (Å²) in [4.78, 5) is 23.8. The molecule has 0 unspecified atom stereocenters. The standard InChI is InChI=1S/C9H9NO2.C8H7NO.C2H6.CH3.Y/c11-6-10-5-7-3-1-2-4-8(7)9(10)12;10-8-7-4-2-1-3-6(7)5-9-8;1-2;;/h1-4,11H,5-6H2;1-4H,5H2,(H,9,10);1-2H3;1H3;/q;;;-1;. The third-order valence-corrected chi connectivity index (χ3v) is 3.77. The van der Waals surface area contributed by atoms with Crippen molar-refractivity contribution < 1.29 is 47.4 Å². The minimum Gasteiger partial charge on any atom is -0.376 e. The molecule has 2 N–H and O–H groups in total. The summed E-state index contributed by atoms with van der Waals surface area (Å²) in [6, 6.07) is 15.1. The molecule has 2 aliphatic heterocycles. The second-order valence-corrected chi connectivity index (χ2v) is 5.14. The summed E-state index contributed by atoms with van der Waals surface area (Å²) in [7, 11) is 0. The van der Waals surface area contributed by atoms with Crippen LogP contribution in [0.15, 0.2) is 48.5 Å². The number of aliphatic hydroxyl groups is 1. The Morgan fingerprint density at radius 3 is 2.04 bits per heavy atom. The van der Waals surface area contributed by atoms with E-state index in [-0.39, 0.29) is 58.7 Å². The van der Waals surface area contributed by atoms with Crippen LogP contribution in [-0.2, 0) is 45.8 Å². The molecular weight excluding hydrogens is 405 g/mol. The molecule has 2 heterocycles. The number of carbonyl (C=O) groups is 2.